The zero-order chi connectivity index (χ0) is 20.9. The van der Waals surface area contributed by atoms with Crippen LogP contribution in [0.25, 0.3) is 0 Å². The van der Waals surface area contributed by atoms with Crippen molar-refractivity contribution in [3.05, 3.63) is 48.8 Å². The Labute approximate surface area is 175 Å². The summed E-state index contributed by atoms with van der Waals surface area (Å²) in [5.74, 6) is 0.0210. The average molecular weight is 412 g/mol. The van der Waals surface area contributed by atoms with Crippen LogP contribution in [0.4, 0.5) is 0 Å². The van der Waals surface area contributed by atoms with Crippen molar-refractivity contribution in [1.82, 2.24) is 29.7 Å². The molecule has 2 amide bonds. The van der Waals surface area contributed by atoms with E-state index in [1.54, 1.807) is 35.7 Å². The number of hydrogen-bond donors (Lipinski definition) is 2. The van der Waals surface area contributed by atoms with Gasteiger partial charge in [0.25, 0.3) is 0 Å². The third kappa shape index (κ3) is 4.85. The fourth-order valence-corrected chi connectivity index (χ4v) is 4.39. The number of rotatable bonds is 6. The second kappa shape index (κ2) is 9.36. The minimum Gasteiger partial charge on any atom is -0.392 e. The second-order valence-corrected chi connectivity index (χ2v) is 8.03. The fraction of sp³-hybridized carbons (Fsp3) is 0.524. The molecule has 2 N–H and O–H groups in total. The van der Waals surface area contributed by atoms with Crippen LogP contribution >= 0.6 is 0 Å². The number of aromatic nitrogens is 3. The maximum Gasteiger partial charge on any atom is 0.242 e. The normalized spacial score (nSPS) is 22.9. The van der Waals surface area contributed by atoms with Gasteiger partial charge in [-0.1, -0.05) is 6.07 Å². The molecule has 0 radical (unpaired) electrons. The van der Waals surface area contributed by atoms with E-state index in [9.17, 15) is 14.7 Å². The molecular weight excluding hydrogens is 384 g/mol. The van der Waals surface area contributed by atoms with Crippen molar-refractivity contribution in [3.63, 3.8) is 0 Å². The van der Waals surface area contributed by atoms with Crippen LogP contribution in [-0.2, 0) is 22.7 Å². The van der Waals surface area contributed by atoms with Crippen LogP contribution in [0.15, 0.2) is 43.2 Å². The molecule has 0 unspecified atom stereocenters. The first-order chi connectivity index (χ1) is 14.6. The predicted molar refractivity (Wildman–Crippen MR) is 109 cm³/mol. The van der Waals surface area contributed by atoms with Crippen LogP contribution in [0.1, 0.15) is 24.8 Å². The molecule has 2 aromatic rings. The SMILES string of the molecule is O=C(NCc1cccnc1)[C@@H]1C[C@@H](O)CN1C1CCN(C(=O)Cn2ccnc2)CC1. The molecule has 2 saturated heterocycles. The molecule has 2 atom stereocenters. The largest absolute Gasteiger partial charge is 0.392 e. The number of pyridine rings is 1. The third-order valence-electron chi connectivity index (χ3n) is 5.97. The van der Waals surface area contributed by atoms with E-state index in [2.05, 4.69) is 20.2 Å². The van der Waals surface area contributed by atoms with Gasteiger partial charge in [0.2, 0.25) is 11.8 Å². The van der Waals surface area contributed by atoms with E-state index < -0.39 is 6.10 Å². The van der Waals surface area contributed by atoms with Crippen molar-refractivity contribution < 1.29 is 14.7 Å². The minimum absolute atomic E-state index is 0.0611. The lowest BCUT2D eigenvalue weighted by molar-refractivity contribution is -0.134. The van der Waals surface area contributed by atoms with Crippen LogP contribution in [0.2, 0.25) is 0 Å². The van der Waals surface area contributed by atoms with Gasteiger partial charge in [0.1, 0.15) is 6.54 Å². The van der Waals surface area contributed by atoms with Gasteiger partial charge < -0.3 is 19.9 Å². The van der Waals surface area contributed by atoms with Gasteiger partial charge in [0, 0.05) is 57.0 Å². The van der Waals surface area contributed by atoms with Gasteiger partial charge in [0.05, 0.1) is 18.5 Å². The van der Waals surface area contributed by atoms with Crippen LogP contribution in [-0.4, -0.2) is 79.1 Å². The molecule has 2 aliphatic heterocycles. The summed E-state index contributed by atoms with van der Waals surface area (Å²) in [6.07, 6.45) is 10.1. The number of β-amino-alcohol motifs (C(OH)–C–C–N with tert-alkyl or cyclic N) is 1. The highest BCUT2D eigenvalue weighted by molar-refractivity contribution is 5.82. The maximum absolute atomic E-state index is 12.8. The van der Waals surface area contributed by atoms with Gasteiger partial charge in [-0.25, -0.2) is 4.98 Å². The molecule has 2 aromatic heterocycles. The Morgan fingerprint density at radius 2 is 2.03 bits per heavy atom. The molecule has 0 saturated carbocycles. The van der Waals surface area contributed by atoms with Crippen molar-refractivity contribution in [2.24, 2.45) is 0 Å². The molecule has 160 valence electrons. The summed E-state index contributed by atoms with van der Waals surface area (Å²) in [6, 6.07) is 3.61. The fourth-order valence-electron chi connectivity index (χ4n) is 4.39. The van der Waals surface area contributed by atoms with E-state index in [1.807, 2.05) is 17.0 Å². The highest BCUT2D eigenvalue weighted by Gasteiger charge is 2.40. The van der Waals surface area contributed by atoms with Gasteiger partial charge in [-0.15, -0.1) is 0 Å². The van der Waals surface area contributed by atoms with Gasteiger partial charge in [-0.05, 0) is 30.9 Å². The van der Waals surface area contributed by atoms with Gasteiger partial charge in [-0.2, -0.15) is 0 Å². The number of imidazole rings is 1. The molecule has 0 spiro atoms. The lowest BCUT2D eigenvalue weighted by Crippen LogP contribution is -2.52. The summed E-state index contributed by atoms with van der Waals surface area (Å²) >= 11 is 0. The average Bonchev–Trinajstić information content (AvgIpc) is 3.42. The lowest BCUT2D eigenvalue weighted by Gasteiger charge is -2.39. The highest BCUT2D eigenvalue weighted by atomic mass is 16.3. The number of aliphatic hydroxyl groups excluding tert-OH is 1. The van der Waals surface area contributed by atoms with Gasteiger partial charge in [-0.3, -0.25) is 19.5 Å². The summed E-state index contributed by atoms with van der Waals surface area (Å²) in [7, 11) is 0. The summed E-state index contributed by atoms with van der Waals surface area (Å²) < 4.78 is 1.77. The Balaban J connectivity index is 1.30. The summed E-state index contributed by atoms with van der Waals surface area (Å²) in [4.78, 5) is 37.3. The van der Waals surface area contributed by atoms with Crippen molar-refractivity contribution in [2.45, 2.75) is 50.5 Å². The van der Waals surface area contributed by atoms with Gasteiger partial charge in [0.15, 0.2) is 0 Å². The quantitative estimate of drug-likeness (QED) is 0.693. The van der Waals surface area contributed by atoms with Crippen molar-refractivity contribution in [2.75, 3.05) is 19.6 Å². The van der Waals surface area contributed by atoms with E-state index in [-0.39, 0.29) is 23.9 Å². The summed E-state index contributed by atoms with van der Waals surface area (Å²) in [6.45, 7) is 2.54. The molecule has 0 aliphatic carbocycles. The zero-order valence-electron chi connectivity index (χ0n) is 16.9. The number of hydrogen-bond acceptors (Lipinski definition) is 6. The number of amides is 2. The standard InChI is InChI=1S/C21H28N6O3/c28-18-10-19(21(30)24-12-16-2-1-5-22-11-16)27(13-18)17-3-7-26(8-4-17)20(29)14-25-9-6-23-15-25/h1-2,5-6,9,11,15,17-19,28H,3-4,7-8,10,12-14H2,(H,24,30)/t18-,19+/m1/s1. The van der Waals surface area contributed by atoms with E-state index in [0.717, 1.165) is 18.4 Å². The number of nitrogens with zero attached hydrogens (tertiary/aromatic N) is 5. The number of carbonyl (C=O) groups is 2. The van der Waals surface area contributed by atoms with E-state index >= 15 is 0 Å². The van der Waals surface area contributed by atoms with E-state index in [4.69, 9.17) is 0 Å². The van der Waals surface area contributed by atoms with Gasteiger partial charge >= 0.3 is 0 Å². The maximum atomic E-state index is 12.8. The number of likely N-dealkylation sites (tertiary alicyclic amines) is 2. The smallest absolute Gasteiger partial charge is 0.242 e. The Hall–Kier alpha value is -2.78. The first-order valence-corrected chi connectivity index (χ1v) is 10.4. The monoisotopic (exact) mass is 412 g/mol. The molecule has 30 heavy (non-hydrogen) atoms. The first-order valence-electron chi connectivity index (χ1n) is 10.4. The first kappa shape index (κ1) is 20.5. The molecule has 2 aliphatic rings. The van der Waals surface area contributed by atoms with Crippen LogP contribution < -0.4 is 5.32 Å². The van der Waals surface area contributed by atoms with E-state index in [0.29, 0.717) is 39.1 Å². The summed E-state index contributed by atoms with van der Waals surface area (Å²) in [5, 5.41) is 13.2. The predicted octanol–water partition coefficient (Wildman–Crippen LogP) is 0.0207. The number of nitrogens with one attached hydrogen (secondary N) is 1. The van der Waals surface area contributed by atoms with Crippen molar-refractivity contribution in [1.29, 1.82) is 0 Å². The van der Waals surface area contributed by atoms with Crippen molar-refractivity contribution >= 4 is 11.8 Å². The minimum atomic E-state index is -0.500. The van der Waals surface area contributed by atoms with Crippen molar-refractivity contribution in [3.8, 4) is 0 Å². The lowest BCUT2D eigenvalue weighted by atomic mass is 10.0. The molecule has 2 fully saturated rings. The third-order valence-corrected chi connectivity index (χ3v) is 5.97. The Kier molecular flexibility index (Phi) is 6.39. The van der Waals surface area contributed by atoms with E-state index in [1.165, 1.54) is 0 Å². The molecule has 0 bridgehead atoms. The molecule has 9 nitrogen and oxygen atoms in total. The van der Waals surface area contributed by atoms with Crippen LogP contribution in [0.3, 0.4) is 0 Å². The molecule has 9 heteroatoms. The van der Waals surface area contributed by atoms with Crippen LogP contribution in [0.5, 0.6) is 0 Å². The topological polar surface area (TPSA) is 104 Å². The molecule has 0 aromatic carbocycles. The molecule has 4 heterocycles. The van der Waals surface area contributed by atoms with Crippen LogP contribution in [0, 0.1) is 0 Å². The Morgan fingerprint density at radius 3 is 2.73 bits per heavy atom. The molecule has 4 rings (SSSR count). The molecular formula is C21H28N6O3. The summed E-state index contributed by atoms with van der Waals surface area (Å²) in [5.41, 5.74) is 0.945. The highest BCUT2D eigenvalue weighted by Crippen LogP contribution is 2.26. The Morgan fingerprint density at radius 1 is 1.20 bits per heavy atom. The zero-order valence-corrected chi connectivity index (χ0v) is 16.9. The number of aliphatic hydroxyl groups is 1. The Bertz CT molecular complexity index is 836. The number of piperidine rings is 1. The number of carbonyl (C=O) groups excluding carboxylic acids is 2. The second-order valence-electron chi connectivity index (χ2n) is 8.03.